The number of piperidine rings is 1. The maximum Gasteiger partial charge on any atom is 0.223 e. The van der Waals surface area contributed by atoms with Crippen LogP contribution in [0.15, 0.2) is 22.7 Å². The van der Waals surface area contributed by atoms with Gasteiger partial charge in [0.2, 0.25) is 5.91 Å². The smallest absolute Gasteiger partial charge is 0.223 e. The number of Topliss-reactive ketones (excluding diaryl/α,β-unsaturated/α-hetero) is 1. The number of hydrogen-bond acceptors (Lipinski definition) is 2. The highest BCUT2D eigenvalue weighted by atomic mass is 79.9. The molecule has 1 heterocycles. The third-order valence-corrected chi connectivity index (χ3v) is 3.89. The standard InChI is InChI=1S/C15H22BrNO2/c1-11(2)14-8-5-9-15(19)17(14)10-13(16)7-4-6-12(3)18/h7,14H,1,4-6,8-10H2,2-3H3/b13-7-/t14-/m0/s1. The van der Waals surface area contributed by atoms with Crippen molar-refractivity contribution in [3.63, 3.8) is 0 Å². The first-order valence-electron chi connectivity index (χ1n) is 6.70. The van der Waals surface area contributed by atoms with E-state index in [1.165, 1.54) is 0 Å². The predicted octanol–water partition coefficient (Wildman–Crippen LogP) is 3.59. The van der Waals surface area contributed by atoms with Crippen molar-refractivity contribution < 1.29 is 9.59 Å². The van der Waals surface area contributed by atoms with E-state index in [1.807, 2.05) is 17.9 Å². The Bertz CT molecular complexity index is 401. The van der Waals surface area contributed by atoms with Crippen LogP contribution in [0.3, 0.4) is 0 Å². The zero-order valence-corrected chi connectivity index (χ0v) is 13.3. The fraction of sp³-hybridized carbons (Fsp3) is 0.600. The molecule has 0 spiro atoms. The quantitative estimate of drug-likeness (QED) is 0.699. The van der Waals surface area contributed by atoms with Crippen LogP contribution in [-0.2, 0) is 9.59 Å². The van der Waals surface area contributed by atoms with Gasteiger partial charge >= 0.3 is 0 Å². The van der Waals surface area contributed by atoms with Gasteiger partial charge in [-0.1, -0.05) is 34.2 Å². The topological polar surface area (TPSA) is 37.4 Å². The van der Waals surface area contributed by atoms with Crippen LogP contribution in [0.4, 0.5) is 0 Å². The Kier molecular flexibility index (Phi) is 6.49. The lowest BCUT2D eigenvalue weighted by atomic mass is 9.96. The largest absolute Gasteiger partial charge is 0.331 e. The fourth-order valence-electron chi connectivity index (χ4n) is 2.29. The molecule has 1 atom stereocenters. The van der Waals surface area contributed by atoms with E-state index >= 15 is 0 Å². The highest BCUT2D eigenvalue weighted by Crippen LogP contribution is 2.25. The van der Waals surface area contributed by atoms with E-state index in [1.54, 1.807) is 6.92 Å². The summed E-state index contributed by atoms with van der Waals surface area (Å²) < 4.78 is 0.968. The van der Waals surface area contributed by atoms with Crippen molar-refractivity contribution in [1.29, 1.82) is 0 Å². The molecule has 106 valence electrons. The highest BCUT2D eigenvalue weighted by Gasteiger charge is 2.28. The Labute approximate surface area is 123 Å². The minimum Gasteiger partial charge on any atom is -0.331 e. The molecule has 1 amide bonds. The number of rotatable bonds is 6. The maximum absolute atomic E-state index is 12.0. The second-order valence-electron chi connectivity index (χ2n) is 5.17. The van der Waals surface area contributed by atoms with E-state index in [0.29, 0.717) is 19.4 Å². The van der Waals surface area contributed by atoms with Crippen LogP contribution < -0.4 is 0 Å². The molecule has 0 bridgehead atoms. The lowest BCUT2D eigenvalue weighted by Crippen LogP contribution is -2.44. The van der Waals surface area contributed by atoms with Gasteiger partial charge in [-0.2, -0.15) is 0 Å². The fourth-order valence-corrected chi connectivity index (χ4v) is 2.79. The molecule has 3 nitrogen and oxygen atoms in total. The first kappa shape index (κ1) is 16.2. The van der Waals surface area contributed by atoms with E-state index < -0.39 is 0 Å². The van der Waals surface area contributed by atoms with Gasteiger partial charge in [-0.05, 0) is 33.1 Å². The summed E-state index contributed by atoms with van der Waals surface area (Å²) in [5.74, 6) is 0.376. The Morgan fingerprint density at radius 3 is 2.79 bits per heavy atom. The highest BCUT2D eigenvalue weighted by molar-refractivity contribution is 9.11. The van der Waals surface area contributed by atoms with Gasteiger partial charge in [-0.3, -0.25) is 4.79 Å². The molecular formula is C15H22BrNO2. The average Bonchev–Trinajstić information content (AvgIpc) is 2.30. The number of ketones is 1. The predicted molar refractivity (Wildman–Crippen MR) is 81.1 cm³/mol. The molecular weight excluding hydrogens is 306 g/mol. The lowest BCUT2D eigenvalue weighted by Gasteiger charge is -2.36. The second-order valence-corrected chi connectivity index (χ2v) is 6.19. The monoisotopic (exact) mass is 327 g/mol. The van der Waals surface area contributed by atoms with E-state index in [2.05, 4.69) is 22.5 Å². The zero-order chi connectivity index (χ0) is 14.4. The molecule has 1 aliphatic rings. The molecule has 0 aromatic rings. The van der Waals surface area contributed by atoms with Crippen molar-refractivity contribution >= 4 is 27.6 Å². The molecule has 4 heteroatoms. The van der Waals surface area contributed by atoms with Crippen molar-refractivity contribution in [3.8, 4) is 0 Å². The Morgan fingerprint density at radius 1 is 1.53 bits per heavy atom. The number of likely N-dealkylation sites (tertiary alicyclic amines) is 1. The van der Waals surface area contributed by atoms with Crippen molar-refractivity contribution in [2.24, 2.45) is 0 Å². The van der Waals surface area contributed by atoms with Gasteiger partial charge in [-0.15, -0.1) is 0 Å². The second kappa shape index (κ2) is 7.63. The molecule has 19 heavy (non-hydrogen) atoms. The summed E-state index contributed by atoms with van der Waals surface area (Å²) >= 11 is 3.49. The molecule has 0 saturated carbocycles. The molecule has 0 aliphatic carbocycles. The summed E-state index contributed by atoms with van der Waals surface area (Å²) in [6, 6.07) is 0.148. The molecule has 1 aliphatic heterocycles. The van der Waals surface area contributed by atoms with Crippen LogP contribution >= 0.6 is 15.9 Å². The van der Waals surface area contributed by atoms with Gasteiger partial charge in [-0.25, -0.2) is 0 Å². The minimum atomic E-state index is 0.148. The van der Waals surface area contributed by atoms with Gasteiger partial charge < -0.3 is 9.69 Å². The lowest BCUT2D eigenvalue weighted by molar-refractivity contribution is -0.134. The van der Waals surface area contributed by atoms with Crippen LogP contribution in [0, 0.1) is 0 Å². The first-order chi connectivity index (χ1) is 8.91. The Balaban J connectivity index is 2.62. The number of nitrogens with zero attached hydrogens (tertiary/aromatic N) is 1. The molecule has 1 fully saturated rings. The van der Waals surface area contributed by atoms with Crippen LogP contribution in [0.25, 0.3) is 0 Å². The normalized spacial score (nSPS) is 20.6. The van der Waals surface area contributed by atoms with Gasteiger partial charge in [0, 0.05) is 17.3 Å². The van der Waals surface area contributed by atoms with Crippen LogP contribution in [0.5, 0.6) is 0 Å². The summed E-state index contributed by atoms with van der Waals surface area (Å²) in [4.78, 5) is 24.8. The number of hydrogen-bond donors (Lipinski definition) is 0. The number of carbonyl (C=O) groups is 2. The van der Waals surface area contributed by atoms with Crippen LogP contribution in [0.2, 0.25) is 0 Å². The van der Waals surface area contributed by atoms with E-state index in [4.69, 9.17) is 0 Å². The van der Waals surface area contributed by atoms with Gasteiger partial charge in [0.05, 0.1) is 12.6 Å². The van der Waals surface area contributed by atoms with Gasteiger partial charge in [0.1, 0.15) is 5.78 Å². The Hall–Kier alpha value is -0.900. The average molecular weight is 328 g/mol. The summed E-state index contributed by atoms with van der Waals surface area (Å²) in [5, 5.41) is 0. The maximum atomic E-state index is 12.0. The molecule has 1 saturated heterocycles. The summed E-state index contributed by atoms with van der Waals surface area (Å²) in [7, 11) is 0. The number of carbonyl (C=O) groups excluding carboxylic acids is 2. The summed E-state index contributed by atoms with van der Waals surface area (Å²) in [6.45, 7) is 8.13. The summed E-state index contributed by atoms with van der Waals surface area (Å²) in [6.07, 6.45) is 5.81. The molecule has 0 aromatic heterocycles. The van der Waals surface area contributed by atoms with Crippen LogP contribution in [-0.4, -0.2) is 29.2 Å². The SMILES string of the molecule is C=C(C)[C@@H]1CCCC(=O)N1C/C(Br)=C/CCC(C)=O. The number of allylic oxidation sites excluding steroid dienone is 1. The molecule has 0 radical (unpaired) electrons. The van der Waals surface area contributed by atoms with Crippen molar-refractivity contribution in [3.05, 3.63) is 22.7 Å². The van der Waals surface area contributed by atoms with Crippen LogP contribution in [0.1, 0.15) is 46.0 Å². The van der Waals surface area contributed by atoms with Crippen molar-refractivity contribution in [1.82, 2.24) is 4.90 Å². The van der Waals surface area contributed by atoms with E-state index in [9.17, 15) is 9.59 Å². The third kappa shape index (κ3) is 5.31. The number of halogens is 1. The van der Waals surface area contributed by atoms with E-state index in [0.717, 1.165) is 29.3 Å². The minimum absolute atomic E-state index is 0.148. The molecule has 0 aromatic carbocycles. The zero-order valence-electron chi connectivity index (χ0n) is 11.7. The Morgan fingerprint density at radius 2 is 2.21 bits per heavy atom. The molecule has 1 rings (SSSR count). The molecule has 0 unspecified atom stereocenters. The van der Waals surface area contributed by atoms with Crippen molar-refractivity contribution in [2.45, 2.75) is 52.0 Å². The summed E-state index contributed by atoms with van der Waals surface area (Å²) in [5.41, 5.74) is 1.04. The third-order valence-electron chi connectivity index (χ3n) is 3.32. The van der Waals surface area contributed by atoms with Crippen molar-refractivity contribution in [2.75, 3.05) is 6.54 Å². The van der Waals surface area contributed by atoms with Gasteiger partial charge in [0.25, 0.3) is 0 Å². The van der Waals surface area contributed by atoms with Gasteiger partial charge in [0.15, 0.2) is 0 Å². The molecule has 0 N–H and O–H groups in total. The number of amides is 1. The first-order valence-corrected chi connectivity index (χ1v) is 7.50. The van der Waals surface area contributed by atoms with E-state index in [-0.39, 0.29) is 17.7 Å².